The highest BCUT2D eigenvalue weighted by molar-refractivity contribution is 7.71. The lowest BCUT2D eigenvalue weighted by atomic mass is 10.1. The molecule has 0 aliphatic rings. The number of aryl methyl sites for hydroxylation is 2. The summed E-state index contributed by atoms with van der Waals surface area (Å²) in [6.07, 6.45) is 2.03. The third-order valence-electron chi connectivity index (χ3n) is 3.02. The van der Waals surface area contributed by atoms with Crippen molar-refractivity contribution in [1.82, 2.24) is 9.55 Å². The van der Waals surface area contributed by atoms with E-state index in [1.807, 2.05) is 17.5 Å². The SMILES string of the molecule is Cc1cc(Cn2c(C(C)C)c[nH]c2=S)sc1C. The average Bonchev–Trinajstić information content (AvgIpc) is 2.74. The minimum atomic E-state index is 0.491. The molecule has 0 aromatic carbocycles. The summed E-state index contributed by atoms with van der Waals surface area (Å²) in [4.78, 5) is 5.91. The first-order valence-corrected chi connectivity index (χ1v) is 7.05. The van der Waals surface area contributed by atoms with Crippen molar-refractivity contribution in [3.8, 4) is 0 Å². The number of thiophene rings is 1. The van der Waals surface area contributed by atoms with E-state index in [0.717, 1.165) is 11.3 Å². The Bertz CT molecular complexity index is 553. The zero-order chi connectivity index (χ0) is 12.6. The summed E-state index contributed by atoms with van der Waals surface area (Å²) in [6.45, 7) is 9.60. The van der Waals surface area contributed by atoms with Gasteiger partial charge in [-0.3, -0.25) is 0 Å². The molecule has 0 bridgehead atoms. The predicted octanol–water partition coefficient (Wildman–Crippen LogP) is 4.40. The van der Waals surface area contributed by atoms with Crippen LogP contribution in [0.25, 0.3) is 0 Å². The van der Waals surface area contributed by atoms with Crippen LogP contribution in [-0.2, 0) is 6.54 Å². The Morgan fingerprint density at radius 3 is 2.65 bits per heavy atom. The van der Waals surface area contributed by atoms with Crippen LogP contribution in [0.15, 0.2) is 12.3 Å². The highest BCUT2D eigenvalue weighted by Crippen LogP contribution is 2.23. The van der Waals surface area contributed by atoms with Crippen molar-refractivity contribution in [3.63, 3.8) is 0 Å². The lowest BCUT2D eigenvalue weighted by Crippen LogP contribution is -2.04. The number of H-pyrrole nitrogens is 1. The lowest BCUT2D eigenvalue weighted by molar-refractivity contribution is 0.690. The summed E-state index contributed by atoms with van der Waals surface area (Å²) >= 11 is 7.20. The molecule has 0 unspecified atom stereocenters. The van der Waals surface area contributed by atoms with Gasteiger partial charge in [-0.05, 0) is 43.6 Å². The molecule has 17 heavy (non-hydrogen) atoms. The van der Waals surface area contributed by atoms with Crippen molar-refractivity contribution in [3.05, 3.63) is 38.0 Å². The third-order valence-corrected chi connectivity index (χ3v) is 4.50. The lowest BCUT2D eigenvalue weighted by Gasteiger charge is -2.09. The van der Waals surface area contributed by atoms with Crippen LogP contribution in [0.1, 0.15) is 40.8 Å². The number of nitrogens with zero attached hydrogens (tertiary/aromatic N) is 1. The zero-order valence-electron chi connectivity index (χ0n) is 10.7. The van der Waals surface area contributed by atoms with Gasteiger partial charge in [0.05, 0.1) is 6.54 Å². The minimum absolute atomic E-state index is 0.491. The Balaban J connectivity index is 2.35. The van der Waals surface area contributed by atoms with E-state index in [1.54, 1.807) is 0 Å². The number of aromatic nitrogens is 2. The van der Waals surface area contributed by atoms with Crippen LogP contribution in [0, 0.1) is 18.6 Å². The second kappa shape index (κ2) is 4.78. The average molecular weight is 266 g/mol. The molecule has 0 atom stereocenters. The molecule has 0 amide bonds. The fraction of sp³-hybridized carbons (Fsp3) is 0.462. The van der Waals surface area contributed by atoms with Gasteiger partial charge in [-0.15, -0.1) is 11.3 Å². The van der Waals surface area contributed by atoms with Crippen LogP contribution in [0.3, 0.4) is 0 Å². The molecule has 2 aromatic heterocycles. The van der Waals surface area contributed by atoms with Crippen LogP contribution in [0.5, 0.6) is 0 Å². The number of rotatable bonds is 3. The molecule has 0 aliphatic heterocycles. The molecule has 1 N–H and O–H groups in total. The first-order chi connectivity index (χ1) is 7.99. The Morgan fingerprint density at radius 2 is 2.12 bits per heavy atom. The van der Waals surface area contributed by atoms with E-state index >= 15 is 0 Å². The van der Waals surface area contributed by atoms with Crippen LogP contribution >= 0.6 is 23.6 Å². The maximum Gasteiger partial charge on any atom is 0.177 e. The fourth-order valence-electron chi connectivity index (χ4n) is 1.93. The van der Waals surface area contributed by atoms with Gasteiger partial charge in [0, 0.05) is 21.6 Å². The summed E-state index contributed by atoms with van der Waals surface area (Å²) in [5, 5.41) is 0. The van der Waals surface area contributed by atoms with Gasteiger partial charge in [0.2, 0.25) is 0 Å². The summed E-state index contributed by atoms with van der Waals surface area (Å²) in [5.41, 5.74) is 2.65. The summed E-state index contributed by atoms with van der Waals surface area (Å²) in [7, 11) is 0. The molecule has 0 aliphatic carbocycles. The molecule has 92 valence electrons. The highest BCUT2D eigenvalue weighted by atomic mass is 32.1. The zero-order valence-corrected chi connectivity index (χ0v) is 12.3. The molecule has 2 rings (SSSR count). The minimum Gasteiger partial charge on any atom is -0.337 e. The molecule has 2 heterocycles. The molecule has 0 saturated heterocycles. The second-order valence-electron chi connectivity index (χ2n) is 4.71. The number of nitrogens with one attached hydrogen (secondary N) is 1. The molecular formula is C13H18N2S2. The van der Waals surface area contributed by atoms with Crippen molar-refractivity contribution in [2.75, 3.05) is 0 Å². The Hall–Kier alpha value is -0.870. The predicted molar refractivity (Wildman–Crippen MR) is 76.6 cm³/mol. The molecule has 4 heteroatoms. The van der Waals surface area contributed by atoms with Gasteiger partial charge in [-0.2, -0.15) is 0 Å². The van der Waals surface area contributed by atoms with Crippen molar-refractivity contribution in [2.45, 2.75) is 40.2 Å². The van der Waals surface area contributed by atoms with E-state index in [1.165, 1.54) is 21.0 Å². The van der Waals surface area contributed by atoms with E-state index < -0.39 is 0 Å². The monoisotopic (exact) mass is 266 g/mol. The number of imidazole rings is 1. The first kappa shape index (κ1) is 12.6. The van der Waals surface area contributed by atoms with E-state index in [4.69, 9.17) is 12.2 Å². The highest BCUT2D eigenvalue weighted by Gasteiger charge is 2.10. The number of hydrogen-bond acceptors (Lipinski definition) is 2. The Labute approximate surface area is 111 Å². The molecule has 0 radical (unpaired) electrons. The normalized spacial score (nSPS) is 11.4. The quantitative estimate of drug-likeness (QED) is 0.817. The van der Waals surface area contributed by atoms with E-state index in [0.29, 0.717) is 5.92 Å². The summed E-state index contributed by atoms with van der Waals surface area (Å²) in [5.74, 6) is 0.491. The topological polar surface area (TPSA) is 20.7 Å². The first-order valence-electron chi connectivity index (χ1n) is 5.83. The Morgan fingerprint density at radius 1 is 1.41 bits per heavy atom. The molecule has 2 nitrogen and oxygen atoms in total. The van der Waals surface area contributed by atoms with Gasteiger partial charge in [0.15, 0.2) is 4.77 Å². The molecule has 0 saturated carbocycles. The van der Waals surface area contributed by atoms with Crippen LogP contribution in [-0.4, -0.2) is 9.55 Å². The maximum atomic E-state index is 5.34. The smallest absolute Gasteiger partial charge is 0.177 e. The molecule has 0 fully saturated rings. The van der Waals surface area contributed by atoms with E-state index in [-0.39, 0.29) is 0 Å². The summed E-state index contributed by atoms with van der Waals surface area (Å²) < 4.78 is 3.02. The molecule has 0 spiro atoms. The third kappa shape index (κ3) is 2.53. The van der Waals surface area contributed by atoms with Crippen molar-refractivity contribution < 1.29 is 0 Å². The maximum absolute atomic E-state index is 5.34. The second-order valence-corrected chi connectivity index (χ2v) is 6.44. The van der Waals surface area contributed by atoms with Crippen molar-refractivity contribution in [1.29, 1.82) is 0 Å². The van der Waals surface area contributed by atoms with Crippen LogP contribution in [0.4, 0.5) is 0 Å². The fourth-order valence-corrected chi connectivity index (χ4v) is 3.21. The largest absolute Gasteiger partial charge is 0.337 e. The summed E-state index contributed by atoms with van der Waals surface area (Å²) in [6, 6.07) is 2.26. The van der Waals surface area contributed by atoms with Gasteiger partial charge < -0.3 is 9.55 Å². The van der Waals surface area contributed by atoms with Gasteiger partial charge in [-0.25, -0.2) is 0 Å². The Kier molecular flexibility index (Phi) is 3.54. The standard InChI is InChI=1S/C13H18N2S2/c1-8(2)12-6-14-13(16)15(12)7-11-5-9(3)10(4)17-11/h5-6,8H,7H2,1-4H3,(H,14,16). The number of aromatic amines is 1. The molecular weight excluding hydrogens is 248 g/mol. The van der Waals surface area contributed by atoms with E-state index in [9.17, 15) is 0 Å². The van der Waals surface area contributed by atoms with Crippen molar-refractivity contribution >= 4 is 23.6 Å². The van der Waals surface area contributed by atoms with Gasteiger partial charge in [0.25, 0.3) is 0 Å². The van der Waals surface area contributed by atoms with Gasteiger partial charge >= 0.3 is 0 Å². The van der Waals surface area contributed by atoms with Gasteiger partial charge in [-0.1, -0.05) is 13.8 Å². The van der Waals surface area contributed by atoms with E-state index in [2.05, 4.69) is 43.3 Å². The van der Waals surface area contributed by atoms with Crippen LogP contribution in [0.2, 0.25) is 0 Å². The van der Waals surface area contributed by atoms with Crippen LogP contribution < -0.4 is 0 Å². The van der Waals surface area contributed by atoms with Gasteiger partial charge in [0.1, 0.15) is 0 Å². The molecule has 2 aromatic rings. The van der Waals surface area contributed by atoms with Crippen molar-refractivity contribution in [2.24, 2.45) is 0 Å². The number of hydrogen-bond donors (Lipinski definition) is 1.